The minimum Gasteiger partial charge on any atom is -0.464 e. The third kappa shape index (κ3) is 13.4. The van der Waals surface area contributed by atoms with E-state index in [0.29, 0.717) is 13.2 Å². The molecule has 0 saturated carbocycles. The fourth-order valence-electron chi connectivity index (χ4n) is 2.40. The Bertz CT molecular complexity index is 369. The van der Waals surface area contributed by atoms with Crippen LogP contribution in [0.15, 0.2) is 12.7 Å². The largest absolute Gasteiger partial charge is 0.464 e. The lowest BCUT2D eigenvalue weighted by molar-refractivity contribution is -0.147. The zero-order valence-corrected chi connectivity index (χ0v) is 16.4. The van der Waals surface area contributed by atoms with Crippen molar-refractivity contribution in [2.45, 2.75) is 84.6 Å². The van der Waals surface area contributed by atoms with Crippen LogP contribution in [0.4, 0.5) is 4.79 Å². The molecule has 0 aromatic rings. The number of hydrogen-bond acceptors (Lipinski definition) is 4. The maximum Gasteiger partial charge on any atom is 0.407 e. The van der Waals surface area contributed by atoms with Gasteiger partial charge in [0.25, 0.3) is 0 Å². The van der Waals surface area contributed by atoms with Gasteiger partial charge in [-0.3, -0.25) is 0 Å². The lowest BCUT2D eigenvalue weighted by Gasteiger charge is -2.20. The summed E-state index contributed by atoms with van der Waals surface area (Å²) in [4.78, 5) is 23.7. The molecule has 0 spiro atoms. The van der Waals surface area contributed by atoms with Gasteiger partial charge < -0.3 is 14.8 Å². The quantitative estimate of drug-likeness (QED) is 0.255. The van der Waals surface area contributed by atoms with Crippen LogP contribution in [0, 0.1) is 5.92 Å². The maximum atomic E-state index is 12.1. The molecule has 0 saturated heterocycles. The number of allylic oxidation sites excluding steroid dienone is 1. The molecule has 0 aliphatic carbocycles. The zero-order valence-electron chi connectivity index (χ0n) is 16.4. The third-order valence-electron chi connectivity index (χ3n) is 3.93. The first kappa shape index (κ1) is 23.5. The second kappa shape index (κ2) is 16.0. The van der Waals surface area contributed by atoms with Crippen LogP contribution in [0.3, 0.4) is 0 Å². The van der Waals surface area contributed by atoms with Crippen molar-refractivity contribution >= 4 is 12.1 Å². The average Bonchev–Trinajstić information content (AvgIpc) is 2.58. The van der Waals surface area contributed by atoms with Gasteiger partial charge in [0.2, 0.25) is 0 Å². The Morgan fingerprint density at radius 1 is 0.960 bits per heavy atom. The summed E-state index contributed by atoms with van der Waals surface area (Å²) in [6, 6.07) is -0.658. The van der Waals surface area contributed by atoms with Crippen LogP contribution < -0.4 is 5.32 Å². The molecule has 0 fully saturated rings. The smallest absolute Gasteiger partial charge is 0.407 e. The molecule has 0 bridgehead atoms. The molecule has 0 rings (SSSR count). The van der Waals surface area contributed by atoms with Crippen molar-refractivity contribution in [1.29, 1.82) is 0 Å². The van der Waals surface area contributed by atoms with Crippen molar-refractivity contribution in [2.24, 2.45) is 5.92 Å². The molecule has 1 unspecified atom stereocenters. The summed E-state index contributed by atoms with van der Waals surface area (Å²) < 4.78 is 10.3. The summed E-state index contributed by atoms with van der Waals surface area (Å²) in [5, 5.41) is 2.59. The molecule has 0 aromatic carbocycles. The molecular weight excluding hydrogens is 318 g/mol. The Hall–Kier alpha value is -1.52. The molecule has 5 heteroatoms. The van der Waals surface area contributed by atoms with Crippen LogP contribution in [0.1, 0.15) is 78.6 Å². The number of alkyl carbamates (subject to hydrolysis) is 1. The van der Waals surface area contributed by atoms with Crippen LogP contribution in [0.5, 0.6) is 0 Å². The molecule has 0 aliphatic rings. The monoisotopic (exact) mass is 355 g/mol. The molecule has 0 heterocycles. The minimum atomic E-state index is -0.658. The van der Waals surface area contributed by atoms with Gasteiger partial charge in [-0.15, -0.1) is 6.58 Å². The Morgan fingerprint density at radius 2 is 1.56 bits per heavy atom. The van der Waals surface area contributed by atoms with E-state index in [-0.39, 0.29) is 11.9 Å². The number of rotatable bonds is 15. The lowest BCUT2D eigenvalue weighted by Crippen LogP contribution is -2.45. The van der Waals surface area contributed by atoms with Crippen molar-refractivity contribution in [2.75, 3.05) is 13.2 Å². The summed E-state index contributed by atoms with van der Waals surface area (Å²) in [7, 11) is 0. The Morgan fingerprint density at radius 3 is 2.12 bits per heavy atom. The molecule has 1 N–H and O–H groups in total. The van der Waals surface area contributed by atoms with E-state index < -0.39 is 12.1 Å². The average molecular weight is 356 g/mol. The van der Waals surface area contributed by atoms with Gasteiger partial charge in [-0.1, -0.05) is 59.0 Å². The van der Waals surface area contributed by atoms with E-state index in [1.807, 2.05) is 26.8 Å². The fraction of sp³-hybridized carbons (Fsp3) is 0.800. The first-order chi connectivity index (χ1) is 12.0. The van der Waals surface area contributed by atoms with E-state index in [4.69, 9.17) is 9.47 Å². The van der Waals surface area contributed by atoms with E-state index in [1.54, 1.807) is 0 Å². The number of esters is 1. The molecule has 25 heavy (non-hydrogen) atoms. The van der Waals surface area contributed by atoms with E-state index >= 15 is 0 Å². The van der Waals surface area contributed by atoms with Gasteiger partial charge in [0, 0.05) is 0 Å². The Balaban J connectivity index is 3.81. The summed E-state index contributed by atoms with van der Waals surface area (Å²) in [6.07, 6.45) is 11.3. The van der Waals surface area contributed by atoms with Crippen LogP contribution in [0.25, 0.3) is 0 Å². The SMILES string of the molecule is C=CCCCCCCCCCOC(=O)C(NC(=O)OCCC)C(C)C. The normalized spacial score (nSPS) is 11.8. The highest BCUT2D eigenvalue weighted by atomic mass is 16.6. The van der Waals surface area contributed by atoms with Crippen molar-refractivity contribution < 1.29 is 19.1 Å². The molecule has 1 atom stereocenters. The van der Waals surface area contributed by atoms with Gasteiger partial charge in [-0.2, -0.15) is 0 Å². The van der Waals surface area contributed by atoms with Gasteiger partial charge in [0.05, 0.1) is 13.2 Å². The predicted octanol–water partition coefficient (Wildman–Crippen LogP) is 5.00. The number of amides is 1. The maximum absolute atomic E-state index is 12.1. The first-order valence-corrected chi connectivity index (χ1v) is 9.73. The van der Waals surface area contributed by atoms with Crippen LogP contribution in [-0.4, -0.2) is 31.3 Å². The predicted molar refractivity (Wildman–Crippen MR) is 101 cm³/mol. The lowest BCUT2D eigenvalue weighted by atomic mass is 10.1. The van der Waals surface area contributed by atoms with Gasteiger partial charge >= 0.3 is 12.1 Å². The fourth-order valence-corrected chi connectivity index (χ4v) is 2.40. The first-order valence-electron chi connectivity index (χ1n) is 9.73. The number of carbonyl (C=O) groups excluding carboxylic acids is 2. The zero-order chi connectivity index (χ0) is 18.9. The molecular formula is C20H37NO4. The van der Waals surface area contributed by atoms with Gasteiger partial charge in [-0.05, 0) is 31.6 Å². The van der Waals surface area contributed by atoms with E-state index in [1.165, 1.54) is 32.1 Å². The molecule has 1 amide bonds. The Labute approximate surface area is 153 Å². The van der Waals surface area contributed by atoms with Crippen molar-refractivity contribution in [3.63, 3.8) is 0 Å². The van der Waals surface area contributed by atoms with Crippen molar-refractivity contribution in [1.82, 2.24) is 5.32 Å². The van der Waals surface area contributed by atoms with Gasteiger partial charge in [-0.25, -0.2) is 9.59 Å². The van der Waals surface area contributed by atoms with Gasteiger partial charge in [0.15, 0.2) is 0 Å². The van der Waals surface area contributed by atoms with Crippen LogP contribution in [-0.2, 0) is 14.3 Å². The summed E-state index contributed by atoms with van der Waals surface area (Å²) in [5.41, 5.74) is 0. The number of carbonyl (C=O) groups is 2. The second-order valence-corrected chi connectivity index (χ2v) is 6.72. The highest BCUT2D eigenvalue weighted by Crippen LogP contribution is 2.10. The topological polar surface area (TPSA) is 64.6 Å². The molecule has 5 nitrogen and oxygen atoms in total. The van der Waals surface area contributed by atoms with Crippen LogP contribution in [0.2, 0.25) is 0 Å². The van der Waals surface area contributed by atoms with Crippen molar-refractivity contribution in [3.8, 4) is 0 Å². The summed E-state index contributed by atoms with van der Waals surface area (Å²) >= 11 is 0. The number of ether oxygens (including phenoxy) is 2. The van der Waals surface area contributed by atoms with E-state index in [0.717, 1.165) is 25.7 Å². The highest BCUT2D eigenvalue weighted by Gasteiger charge is 2.26. The Kier molecular flexibility index (Phi) is 15.0. The van der Waals surface area contributed by atoms with Crippen LogP contribution >= 0.6 is 0 Å². The second-order valence-electron chi connectivity index (χ2n) is 6.72. The molecule has 0 aliphatic heterocycles. The molecule has 146 valence electrons. The number of unbranched alkanes of at least 4 members (excludes halogenated alkanes) is 7. The third-order valence-corrected chi connectivity index (χ3v) is 3.93. The molecule has 0 radical (unpaired) electrons. The summed E-state index contributed by atoms with van der Waals surface area (Å²) in [6.45, 7) is 10.1. The van der Waals surface area contributed by atoms with E-state index in [2.05, 4.69) is 11.9 Å². The number of hydrogen-bond donors (Lipinski definition) is 1. The number of nitrogens with one attached hydrogen (secondary N) is 1. The van der Waals surface area contributed by atoms with Gasteiger partial charge in [0.1, 0.15) is 6.04 Å². The van der Waals surface area contributed by atoms with E-state index in [9.17, 15) is 9.59 Å². The standard InChI is InChI=1S/C20H37NO4/c1-5-7-8-9-10-11-12-13-14-16-24-19(22)18(17(3)4)21-20(23)25-15-6-2/h5,17-18H,1,6-16H2,2-4H3,(H,21,23). The summed E-state index contributed by atoms with van der Waals surface area (Å²) in [5.74, 6) is -0.426. The minimum absolute atomic E-state index is 0.0442. The highest BCUT2D eigenvalue weighted by molar-refractivity contribution is 5.81. The van der Waals surface area contributed by atoms with Crippen molar-refractivity contribution in [3.05, 3.63) is 12.7 Å². The molecule has 0 aromatic heterocycles.